The van der Waals surface area contributed by atoms with Crippen LogP contribution in [0.5, 0.6) is 5.75 Å². The SMILES string of the molecule is N#Cc1c(O)cc(Br)cc1C(F)(F)F. The first kappa shape index (κ1) is 10.9. The third-order valence-corrected chi connectivity index (χ3v) is 1.96. The summed E-state index contributed by atoms with van der Waals surface area (Å²) in [6.45, 7) is 0. The van der Waals surface area contributed by atoms with Gasteiger partial charge in [-0.05, 0) is 12.1 Å². The van der Waals surface area contributed by atoms with Crippen molar-refractivity contribution in [2.45, 2.75) is 6.18 Å². The molecule has 0 saturated heterocycles. The zero-order valence-corrected chi connectivity index (χ0v) is 8.15. The Bertz CT molecular complexity index is 408. The number of nitriles is 1. The summed E-state index contributed by atoms with van der Waals surface area (Å²) in [7, 11) is 0. The van der Waals surface area contributed by atoms with Gasteiger partial charge in [-0.1, -0.05) is 15.9 Å². The van der Waals surface area contributed by atoms with Crippen LogP contribution in [0.25, 0.3) is 0 Å². The fourth-order valence-corrected chi connectivity index (χ4v) is 1.38. The average Bonchev–Trinajstić information content (AvgIpc) is 2.01. The number of benzene rings is 1. The third-order valence-electron chi connectivity index (χ3n) is 1.50. The van der Waals surface area contributed by atoms with Crippen LogP contribution >= 0.6 is 15.9 Å². The Morgan fingerprint density at radius 1 is 1.36 bits per heavy atom. The number of hydrogen-bond acceptors (Lipinski definition) is 2. The van der Waals surface area contributed by atoms with E-state index in [2.05, 4.69) is 15.9 Å². The molecular weight excluding hydrogens is 263 g/mol. The van der Waals surface area contributed by atoms with Crippen molar-refractivity contribution in [2.75, 3.05) is 0 Å². The molecule has 74 valence electrons. The predicted octanol–water partition coefficient (Wildman–Crippen LogP) is 3.05. The minimum atomic E-state index is -4.65. The molecule has 0 spiro atoms. The second-order valence-electron chi connectivity index (χ2n) is 2.46. The third kappa shape index (κ3) is 1.99. The van der Waals surface area contributed by atoms with Crippen molar-refractivity contribution in [1.82, 2.24) is 0 Å². The lowest BCUT2D eigenvalue weighted by atomic mass is 10.1. The highest BCUT2D eigenvalue weighted by Crippen LogP contribution is 2.37. The van der Waals surface area contributed by atoms with Crippen LogP contribution in [0.1, 0.15) is 11.1 Å². The average molecular weight is 266 g/mol. The number of nitrogens with zero attached hydrogens (tertiary/aromatic N) is 1. The molecular formula is C8H3BrF3NO. The maximum Gasteiger partial charge on any atom is 0.417 e. The molecule has 0 radical (unpaired) electrons. The molecule has 1 aromatic carbocycles. The number of alkyl halides is 3. The van der Waals surface area contributed by atoms with E-state index in [0.717, 1.165) is 12.1 Å². The number of halogens is 4. The summed E-state index contributed by atoms with van der Waals surface area (Å²) in [5, 5.41) is 17.5. The van der Waals surface area contributed by atoms with Gasteiger partial charge in [-0.15, -0.1) is 0 Å². The van der Waals surface area contributed by atoms with Crippen LogP contribution in [0.15, 0.2) is 16.6 Å². The molecule has 2 nitrogen and oxygen atoms in total. The minimum absolute atomic E-state index is 0.0707. The Morgan fingerprint density at radius 3 is 2.36 bits per heavy atom. The zero-order chi connectivity index (χ0) is 10.9. The standard InChI is InChI=1S/C8H3BrF3NO/c9-4-1-6(8(10,11)12)5(3-13)7(14)2-4/h1-2,14H. The van der Waals surface area contributed by atoms with Crippen LogP contribution in [-0.2, 0) is 6.18 Å². The molecule has 0 atom stereocenters. The van der Waals surface area contributed by atoms with Crippen molar-refractivity contribution in [3.63, 3.8) is 0 Å². The van der Waals surface area contributed by atoms with Crippen molar-refractivity contribution in [3.05, 3.63) is 27.7 Å². The Kier molecular flexibility index (Phi) is 2.71. The zero-order valence-electron chi connectivity index (χ0n) is 6.56. The van der Waals surface area contributed by atoms with E-state index in [1.165, 1.54) is 6.07 Å². The van der Waals surface area contributed by atoms with Crippen molar-refractivity contribution in [3.8, 4) is 11.8 Å². The van der Waals surface area contributed by atoms with Crippen LogP contribution in [-0.4, -0.2) is 5.11 Å². The Hall–Kier alpha value is -1.22. The molecule has 0 aliphatic rings. The molecule has 0 aromatic heterocycles. The van der Waals surface area contributed by atoms with Gasteiger partial charge in [0, 0.05) is 4.47 Å². The summed E-state index contributed by atoms with van der Waals surface area (Å²) in [6.07, 6.45) is -4.65. The summed E-state index contributed by atoms with van der Waals surface area (Å²) < 4.78 is 37.0. The molecule has 0 unspecified atom stereocenters. The molecule has 6 heteroatoms. The highest BCUT2D eigenvalue weighted by atomic mass is 79.9. The van der Waals surface area contributed by atoms with Gasteiger partial charge in [-0.25, -0.2) is 0 Å². The van der Waals surface area contributed by atoms with E-state index in [1.807, 2.05) is 0 Å². The van der Waals surface area contributed by atoms with Crippen molar-refractivity contribution in [2.24, 2.45) is 0 Å². The van der Waals surface area contributed by atoms with Gasteiger partial charge in [0.05, 0.1) is 5.56 Å². The Morgan fingerprint density at radius 2 is 1.93 bits per heavy atom. The van der Waals surface area contributed by atoms with Gasteiger partial charge < -0.3 is 5.11 Å². The quantitative estimate of drug-likeness (QED) is 0.784. The number of aromatic hydroxyl groups is 1. The van der Waals surface area contributed by atoms with E-state index in [0.29, 0.717) is 0 Å². The minimum Gasteiger partial charge on any atom is -0.507 e. The molecule has 0 fully saturated rings. The van der Waals surface area contributed by atoms with E-state index in [1.54, 1.807) is 0 Å². The lowest BCUT2D eigenvalue weighted by Gasteiger charge is -2.09. The van der Waals surface area contributed by atoms with Crippen molar-refractivity contribution < 1.29 is 18.3 Å². The van der Waals surface area contributed by atoms with Crippen molar-refractivity contribution in [1.29, 1.82) is 5.26 Å². The lowest BCUT2D eigenvalue weighted by Crippen LogP contribution is -2.07. The number of phenolic OH excluding ortho intramolecular Hbond substituents is 1. The largest absolute Gasteiger partial charge is 0.507 e. The monoisotopic (exact) mass is 265 g/mol. The first-order valence-corrected chi connectivity index (χ1v) is 4.15. The van der Waals surface area contributed by atoms with Crippen LogP contribution in [0, 0.1) is 11.3 Å². The summed E-state index contributed by atoms with van der Waals surface area (Å²) in [5.41, 5.74) is -1.91. The molecule has 0 bridgehead atoms. The highest BCUT2D eigenvalue weighted by Gasteiger charge is 2.35. The molecule has 1 rings (SSSR count). The molecule has 1 aromatic rings. The number of phenols is 1. The number of rotatable bonds is 0. The Labute approximate surface area is 85.7 Å². The summed E-state index contributed by atoms with van der Waals surface area (Å²) >= 11 is 2.80. The molecule has 0 saturated carbocycles. The van der Waals surface area contributed by atoms with Crippen molar-refractivity contribution >= 4 is 15.9 Å². The predicted molar refractivity (Wildman–Crippen MR) is 45.5 cm³/mol. The fourth-order valence-electron chi connectivity index (χ4n) is 0.934. The van der Waals surface area contributed by atoms with Gasteiger partial charge in [-0.2, -0.15) is 18.4 Å². The molecule has 0 amide bonds. The summed E-state index contributed by atoms with van der Waals surface area (Å²) in [5.74, 6) is -0.686. The van der Waals surface area contributed by atoms with Crippen LogP contribution in [0.4, 0.5) is 13.2 Å². The summed E-state index contributed by atoms with van der Waals surface area (Å²) in [4.78, 5) is 0. The fraction of sp³-hybridized carbons (Fsp3) is 0.125. The van der Waals surface area contributed by atoms with E-state index in [-0.39, 0.29) is 4.47 Å². The molecule has 0 aliphatic carbocycles. The lowest BCUT2D eigenvalue weighted by molar-refractivity contribution is -0.137. The topological polar surface area (TPSA) is 44.0 Å². The van der Waals surface area contributed by atoms with E-state index >= 15 is 0 Å². The highest BCUT2D eigenvalue weighted by molar-refractivity contribution is 9.10. The second-order valence-corrected chi connectivity index (χ2v) is 3.37. The van der Waals surface area contributed by atoms with Crippen LogP contribution in [0.2, 0.25) is 0 Å². The maximum absolute atomic E-state index is 12.3. The second kappa shape index (κ2) is 3.50. The van der Waals surface area contributed by atoms with Gasteiger partial charge in [0.15, 0.2) is 0 Å². The molecule has 14 heavy (non-hydrogen) atoms. The molecule has 0 heterocycles. The van der Waals surface area contributed by atoms with E-state index in [9.17, 15) is 13.2 Å². The number of hydrogen-bond donors (Lipinski definition) is 1. The first-order chi connectivity index (χ1) is 6.36. The van der Waals surface area contributed by atoms with E-state index < -0.39 is 23.1 Å². The van der Waals surface area contributed by atoms with Crippen LogP contribution < -0.4 is 0 Å². The van der Waals surface area contributed by atoms with Crippen LogP contribution in [0.3, 0.4) is 0 Å². The van der Waals surface area contributed by atoms with Gasteiger partial charge in [0.25, 0.3) is 0 Å². The summed E-state index contributed by atoms with van der Waals surface area (Å²) in [6, 6.07) is 3.09. The normalized spacial score (nSPS) is 11.1. The van der Waals surface area contributed by atoms with E-state index in [4.69, 9.17) is 10.4 Å². The van der Waals surface area contributed by atoms with Gasteiger partial charge in [0.2, 0.25) is 0 Å². The molecule has 0 aliphatic heterocycles. The smallest absolute Gasteiger partial charge is 0.417 e. The first-order valence-electron chi connectivity index (χ1n) is 3.36. The molecule has 1 N–H and O–H groups in total. The van der Waals surface area contributed by atoms with Gasteiger partial charge in [0.1, 0.15) is 17.4 Å². The maximum atomic E-state index is 12.3. The van der Waals surface area contributed by atoms with Gasteiger partial charge >= 0.3 is 6.18 Å². The Balaban J connectivity index is 3.50. The van der Waals surface area contributed by atoms with Gasteiger partial charge in [-0.3, -0.25) is 0 Å².